The predicted octanol–water partition coefficient (Wildman–Crippen LogP) is -0.170. The molecule has 0 nitrogen and oxygen atoms in total. The van der Waals surface area contributed by atoms with Gasteiger partial charge in [0.15, 0.2) is 0 Å². The van der Waals surface area contributed by atoms with Gasteiger partial charge in [0.2, 0.25) is 0 Å². The number of rotatable bonds is 0. The minimum absolute atomic E-state index is 0. The Morgan fingerprint density at radius 2 is 1.50 bits per heavy atom. The van der Waals surface area contributed by atoms with Crippen LogP contribution < -0.4 is 5.46 Å². The van der Waals surface area contributed by atoms with Gasteiger partial charge in [0.05, 0.1) is 0 Å². The molecular formula is C6H9BF-. The van der Waals surface area contributed by atoms with Crippen LogP contribution in [0.2, 0.25) is 0 Å². The molecule has 0 aliphatic heterocycles. The largest absolute Gasteiger partial charge is 0.269 e. The SMILES string of the molecule is F.[BH3-]c1ccccc1. The molecule has 0 saturated heterocycles. The second kappa shape index (κ2) is 3.25. The van der Waals surface area contributed by atoms with E-state index in [1.54, 1.807) is 5.46 Å². The van der Waals surface area contributed by atoms with Crippen LogP contribution in [-0.2, 0) is 0 Å². The van der Waals surface area contributed by atoms with E-state index < -0.39 is 0 Å². The molecule has 2 heteroatoms. The van der Waals surface area contributed by atoms with E-state index in [2.05, 4.69) is 30.3 Å². The molecule has 8 heavy (non-hydrogen) atoms. The van der Waals surface area contributed by atoms with Crippen molar-refractivity contribution in [1.82, 2.24) is 0 Å². The molecule has 1 rings (SSSR count). The van der Waals surface area contributed by atoms with Crippen LogP contribution in [0.4, 0.5) is 4.70 Å². The van der Waals surface area contributed by atoms with Gasteiger partial charge in [-0.15, -0.1) is 0 Å². The molecule has 0 N–H and O–H groups in total. The summed E-state index contributed by atoms with van der Waals surface area (Å²) in [5, 5.41) is 0. The summed E-state index contributed by atoms with van der Waals surface area (Å²) in [5.74, 6) is 0. The van der Waals surface area contributed by atoms with E-state index in [9.17, 15) is 0 Å². The van der Waals surface area contributed by atoms with Crippen molar-refractivity contribution in [3.8, 4) is 0 Å². The van der Waals surface area contributed by atoms with E-state index in [1.165, 1.54) is 0 Å². The molecule has 44 valence electrons. The number of hydrogen-bond donors (Lipinski definition) is 0. The van der Waals surface area contributed by atoms with Crippen molar-refractivity contribution in [2.75, 3.05) is 0 Å². The average molecular weight is 111 g/mol. The summed E-state index contributed by atoms with van der Waals surface area (Å²) in [7, 11) is 0.446. The summed E-state index contributed by atoms with van der Waals surface area (Å²) in [4.78, 5) is 0. The van der Waals surface area contributed by atoms with Crippen LogP contribution in [0, 0.1) is 0 Å². The summed E-state index contributed by atoms with van der Waals surface area (Å²) in [6.45, 7) is 0. The monoisotopic (exact) mass is 111 g/mol. The summed E-state index contributed by atoms with van der Waals surface area (Å²) >= 11 is 0. The predicted molar refractivity (Wildman–Crippen MR) is 38.5 cm³/mol. The van der Waals surface area contributed by atoms with Crippen LogP contribution >= 0.6 is 0 Å². The molecule has 0 fully saturated rings. The van der Waals surface area contributed by atoms with Gasteiger partial charge in [-0.1, -0.05) is 30.3 Å². The Bertz CT molecular complexity index is 138. The van der Waals surface area contributed by atoms with Gasteiger partial charge < -0.3 is 0 Å². The Balaban J connectivity index is 0.000000490. The first-order valence-corrected chi connectivity index (χ1v) is 1.91. The van der Waals surface area contributed by atoms with Crippen molar-refractivity contribution in [3.63, 3.8) is 0 Å². The lowest BCUT2D eigenvalue weighted by molar-refractivity contribution is 1.11. The summed E-state index contributed by atoms with van der Waals surface area (Å²) < 4.78 is 0. The quantitative estimate of drug-likeness (QED) is 0.407. The zero-order valence-electron chi connectivity index (χ0n) is 3.79. The maximum absolute atomic E-state index is 2.19. The molecule has 1 aromatic carbocycles. The minimum atomic E-state index is 0. The highest BCUT2D eigenvalue weighted by Crippen LogP contribution is 1.76. The van der Waals surface area contributed by atoms with Gasteiger partial charge in [-0.3, -0.25) is 4.70 Å². The maximum Gasteiger partial charge on any atom is -0.0201 e. The van der Waals surface area contributed by atoms with Gasteiger partial charge in [0.1, 0.15) is 0 Å². The topological polar surface area (TPSA) is 0 Å². The van der Waals surface area contributed by atoms with E-state index in [-0.39, 0.29) is 4.70 Å². The molecular weight excluding hydrogens is 102 g/mol. The lowest BCUT2D eigenvalue weighted by Crippen LogP contribution is -1.97. The van der Waals surface area contributed by atoms with E-state index in [0.717, 1.165) is 0 Å². The standard InChI is InChI=1S/C6H8B.FH/c7-6-4-2-1-3-5-6;/h1-5H,7H3;1H/q-1;. The molecule has 0 saturated carbocycles. The Morgan fingerprint density at radius 3 is 1.75 bits per heavy atom. The molecule has 0 heterocycles. The van der Waals surface area contributed by atoms with Gasteiger partial charge >= 0.3 is 0 Å². The smallest absolute Gasteiger partial charge is 0.0201 e. The number of benzene rings is 1. The summed E-state index contributed by atoms with van der Waals surface area (Å²) in [5.41, 5.74) is 1.57. The van der Waals surface area contributed by atoms with Crippen LogP contribution in [0.3, 0.4) is 0 Å². The molecule has 0 atom stereocenters. The minimum Gasteiger partial charge on any atom is -0.269 e. The van der Waals surface area contributed by atoms with Crippen molar-refractivity contribution in [3.05, 3.63) is 30.3 Å². The molecule has 0 aliphatic rings. The fourth-order valence-electron chi connectivity index (χ4n) is 0.342. The Morgan fingerprint density at radius 1 is 1.00 bits per heavy atom. The lowest BCUT2D eigenvalue weighted by Gasteiger charge is -1.89. The summed E-state index contributed by atoms with van der Waals surface area (Å²) in [6, 6.07) is 10.6. The Hall–Kier alpha value is -0.785. The molecule has 1 aromatic rings. The summed E-state index contributed by atoms with van der Waals surface area (Å²) in [6.07, 6.45) is 0. The van der Waals surface area contributed by atoms with Gasteiger partial charge in [-0.05, 0) is 7.85 Å². The second-order valence-corrected chi connectivity index (χ2v) is 1.08. The molecule has 0 aromatic heterocycles. The highest BCUT2D eigenvalue weighted by molar-refractivity contribution is 6.32. The van der Waals surface area contributed by atoms with E-state index >= 15 is 0 Å². The second-order valence-electron chi connectivity index (χ2n) is 1.08. The van der Waals surface area contributed by atoms with Gasteiger partial charge in [0.25, 0.3) is 0 Å². The average Bonchev–Trinajstić information content (AvgIpc) is 1.69. The van der Waals surface area contributed by atoms with Crippen LogP contribution in [0.1, 0.15) is 0 Å². The van der Waals surface area contributed by atoms with Crippen molar-refractivity contribution < 1.29 is 4.70 Å². The first-order valence-electron chi connectivity index (χ1n) is 1.91. The van der Waals surface area contributed by atoms with Crippen molar-refractivity contribution in [2.45, 2.75) is 0 Å². The molecule has 0 unspecified atom stereocenters. The molecule has 0 radical (unpaired) electrons. The number of hydrogen-bond acceptors (Lipinski definition) is 0. The Kier molecular flexibility index (Phi) is 2.93. The first kappa shape index (κ1) is 7.21. The van der Waals surface area contributed by atoms with Gasteiger partial charge in [-0.25, -0.2) is 5.46 Å². The Labute approximate surface area is 49.3 Å². The molecule has 0 amide bonds. The third-order valence-electron chi connectivity index (χ3n) is 0.607. The van der Waals surface area contributed by atoms with E-state index in [4.69, 9.17) is 0 Å². The zero-order chi connectivity index (χ0) is 5.11. The molecule has 0 bridgehead atoms. The zero-order valence-corrected chi connectivity index (χ0v) is 3.79. The number of halogens is 1. The normalized spacial score (nSPS) is 7.62. The lowest BCUT2D eigenvalue weighted by atomic mass is 9.97. The van der Waals surface area contributed by atoms with Crippen LogP contribution in [0.25, 0.3) is 0 Å². The third kappa shape index (κ3) is 1.78. The fourth-order valence-corrected chi connectivity index (χ4v) is 0.342. The maximum atomic E-state index is 2.19. The highest BCUT2D eigenvalue weighted by atomic mass is 19.0. The highest BCUT2D eigenvalue weighted by Gasteiger charge is 1.66. The fraction of sp³-hybridized carbons (Fsp3) is 0. The van der Waals surface area contributed by atoms with E-state index in [0.29, 0.717) is 7.85 Å². The first-order chi connectivity index (χ1) is 3.39. The van der Waals surface area contributed by atoms with Crippen molar-refractivity contribution in [2.24, 2.45) is 0 Å². The van der Waals surface area contributed by atoms with Crippen LogP contribution in [0.5, 0.6) is 0 Å². The molecule has 0 aliphatic carbocycles. The molecule has 0 spiro atoms. The van der Waals surface area contributed by atoms with E-state index in [1.807, 2.05) is 0 Å². The van der Waals surface area contributed by atoms with Gasteiger partial charge in [0, 0.05) is 0 Å². The van der Waals surface area contributed by atoms with Crippen molar-refractivity contribution in [1.29, 1.82) is 0 Å². The van der Waals surface area contributed by atoms with Crippen LogP contribution in [0.15, 0.2) is 30.3 Å². The third-order valence-corrected chi connectivity index (χ3v) is 0.607. The van der Waals surface area contributed by atoms with Gasteiger partial charge in [-0.2, -0.15) is 0 Å². The van der Waals surface area contributed by atoms with Crippen LogP contribution in [-0.4, -0.2) is 7.85 Å². The van der Waals surface area contributed by atoms with Crippen molar-refractivity contribution >= 4 is 13.3 Å².